The first kappa shape index (κ1) is 12.0. The zero-order valence-electron chi connectivity index (χ0n) is 10.9. The van der Waals surface area contributed by atoms with Gasteiger partial charge < -0.3 is 8.83 Å². The van der Waals surface area contributed by atoms with E-state index in [1.54, 1.807) is 0 Å². The van der Waals surface area contributed by atoms with Crippen LogP contribution in [0.5, 0.6) is 0 Å². The Labute approximate surface area is 111 Å². The van der Waals surface area contributed by atoms with Crippen molar-refractivity contribution in [2.24, 2.45) is 5.84 Å². The van der Waals surface area contributed by atoms with Crippen LogP contribution < -0.4 is 11.3 Å². The molecule has 3 rings (SSSR count). The average molecular weight is 256 g/mol. The SMILES string of the molecule is Cc1ccc(C(NN)c2cc3cccc(C)c3o2)o1. The van der Waals surface area contributed by atoms with Crippen LogP contribution in [0.3, 0.4) is 0 Å². The van der Waals surface area contributed by atoms with Gasteiger partial charge in [-0.2, -0.15) is 0 Å². The lowest BCUT2D eigenvalue weighted by Gasteiger charge is -2.09. The molecule has 1 unspecified atom stereocenters. The molecular weight excluding hydrogens is 240 g/mol. The minimum atomic E-state index is -0.277. The minimum absolute atomic E-state index is 0.277. The summed E-state index contributed by atoms with van der Waals surface area (Å²) < 4.78 is 11.5. The van der Waals surface area contributed by atoms with Crippen molar-refractivity contribution in [1.82, 2.24) is 5.43 Å². The number of hydrogen-bond donors (Lipinski definition) is 2. The Hall–Kier alpha value is -2.04. The van der Waals surface area contributed by atoms with E-state index in [1.807, 2.05) is 50.2 Å². The van der Waals surface area contributed by atoms with Gasteiger partial charge in [0.05, 0.1) is 0 Å². The first-order valence-corrected chi connectivity index (χ1v) is 6.20. The average Bonchev–Trinajstić information content (AvgIpc) is 2.98. The zero-order chi connectivity index (χ0) is 13.4. The van der Waals surface area contributed by atoms with Crippen molar-refractivity contribution < 1.29 is 8.83 Å². The van der Waals surface area contributed by atoms with Gasteiger partial charge in [-0.1, -0.05) is 18.2 Å². The fourth-order valence-corrected chi connectivity index (χ4v) is 2.28. The van der Waals surface area contributed by atoms with Crippen LogP contribution in [0.15, 0.2) is 45.2 Å². The lowest BCUT2D eigenvalue weighted by molar-refractivity contribution is 0.393. The number of nitrogens with two attached hydrogens (primary N) is 1. The summed E-state index contributed by atoms with van der Waals surface area (Å²) in [4.78, 5) is 0. The fraction of sp³-hybridized carbons (Fsp3) is 0.200. The largest absolute Gasteiger partial charge is 0.464 e. The molecule has 4 nitrogen and oxygen atoms in total. The van der Waals surface area contributed by atoms with Crippen LogP contribution >= 0.6 is 0 Å². The monoisotopic (exact) mass is 256 g/mol. The molecule has 3 N–H and O–H groups in total. The minimum Gasteiger partial charge on any atom is -0.464 e. The highest BCUT2D eigenvalue weighted by atomic mass is 16.4. The number of hydrogen-bond acceptors (Lipinski definition) is 4. The number of benzene rings is 1. The topological polar surface area (TPSA) is 64.3 Å². The molecule has 0 radical (unpaired) electrons. The quantitative estimate of drug-likeness (QED) is 0.558. The number of rotatable bonds is 3. The van der Waals surface area contributed by atoms with Gasteiger partial charge in [0.2, 0.25) is 0 Å². The highest BCUT2D eigenvalue weighted by molar-refractivity contribution is 5.81. The van der Waals surface area contributed by atoms with Gasteiger partial charge in [-0.05, 0) is 37.6 Å². The van der Waals surface area contributed by atoms with Gasteiger partial charge in [0.1, 0.15) is 28.9 Å². The van der Waals surface area contributed by atoms with E-state index in [0.717, 1.165) is 33.8 Å². The third-order valence-corrected chi connectivity index (χ3v) is 3.26. The van der Waals surface area contributed by atoms with Gasteiger partial charge in [0.25, 0.3) is 0 Å². The first-order chi connectivity index (χ1) is 9.19. The predicted octanol–water partition coefficient (Wildman–Crippen LogP) is 3.20. The zero-order valence-corrected chi connectivity index (χ0v) is 10.9. The molecule has 0 aliphatic carbocycles. The van der Waals surface area contributed by atoms with E-state index in [4.69, 9.17) is 14.7 Å². The summed E-state index contributed by atoms with van der Waals surface area (Å²) in [6.45, 7) is 3.93. The smallest absolute Gasteiger partial charge is 0.137 e. The summed E-state index contributed by atoms with van der Waals surface area (Å²) in [5, 5.41) is 1.07. The summed E-state index contributed by atoms with van der Waals surface area (Å²) in [5.41, 5.74) is 4.74. The lowest BCUT2D eigenvalue weighted by atomic mass is 10.1. The van der Waals surface area contributed by atoms with Gasteiger partial charge in [0, 0.05) is 5.39 Å². The summed E-state index contributed by atoms with van der Waals surface area (Å²) in [5.74, 6) is 7.98. The highest BCUT2D eigenvalue weighted by Gasteiger charge is 2.20. The molecule has 98 valence electrons. The van der Waals surface area contributed by atoms with Gasteiger partial charge >= 0.3 is 0 Å². The van der Waals surface area contributed by atoms with Crippen molar-refractivity contribution in [1.29, 1.82) is 0 Å². The van der Waals surface area contributed by atoms with E-state index in [2.05, 4.69) is 5.43 Å². The molecule has 0 aliphatic rings. The maximum atomic E-state index is 5.91. The van der Waals surface area contributed by atoms with Gasteiger partial charge in [0.15, 0.2) is 0 Å². The molecule has 0 amide bonds. The van der Waals surface area contributed by atoms with Crippen molar-refractivity contribution in [2.75, 3.05) is 0 Å². The van der Waals surface area contributed by atoms with Crippen LogP contribution in [0.4, 0.5) is 0 Å². The van der Waals surface area contributed by atoms with E-state index >= 15 is 0 Å². The molecule has 1 aromatic carbocycles. The summed E-state index contributed by atoms with van der Waals surface area (Å²) in [7, 11) is 0. The van der Waals surface area contributed by atoms with Gasteiger partial charge in [-0.15, -0.1) is 0 Å². The Morgan fingerprint density at radius 3 is 2.53 bits per heavy atom. The Morgan fingerprint density at radius 1 is 1.05 bits per heavy atom. The summed E-state index contributed by atoms with van der Waals surface area (Å²) in [6.07, 6.45) is 0. The second-order valence-electron chi connectivity index (χ2n) is 4.69. The van der Waals surface area contributed by atoms with Crippen molar-refractivity contribution in [3.8, 4) is 0 Å². The van der Waals surface area contributed by atoms with Crippen LogP contribution in [0.1, 0.15) is 28.9 Å². The maximum Gasteiger partial charge on any atom is 0.137 e. The molecule has 19 heavy (non-hydrogen) atoms. The molecule has 0 saturated heterocycles. The van der Waals surface area contributed by atoms with E-state index < -0.39 is 0 Å². The Morgan fingerprint density at radius 2 is 1.89 bits per heavy atom. The second-order valence-corrected chi connectivity index (χ2v) is 4.69. The molecule has 0 aliphatic heterocycles. The molecule has 0 saturated carbocycles. The van der Waals surface area contributed by atoms with Crippen molar-refractivity contribution in [3.05, 3.63) is 59.2 Å². The molecular formula is C15H16N2O2. The van der Waals surface area contributed by atoms with Gasteiger partial charge in [-0.25, -0.2) is 5.43 Å². The predicted molar refractivity (Wildman–Crippen MR) is 73.6 cm³/mol. The molecule has 0 spiro atoms. The molecule has 3 aromatic rings. The summed E-state index contributed by atoms with van der Waals surface area (Å²) >= 11 is 0. The maximum absolute atomic E-state index is 5.91. The van der Waals surface area contributed by atoms with Crippen LogP contribution in [0.2, 0.25) is 0 Å². The number of hydrazine groups is 1. The van der Waals surface area contributed by atoms with Gasteiger partial charge in [-0.3, -0.25) is 5.84 Å². The Kier molecular flexibility index (Phi) is 2.89. The number of furan rings is 2. The lowest BCUT2D eigenvalue weighted by Crippen LogP contribution is -2.28. The van der Waals surface area contributed by atoms with Crippen LogP contribution in [-0.4, -0.2) is 0 Å². The third-order valence-electron chi connectivity index (χ3n) is 3.26. The molecule has 2 aromatic heterocycles. The molecule has 0 bridgehead atoms. The Balaban J connectivity index is 2.09. The van der Waals surface area contributed by atoms with E-state index in [9.17, 15) is 0 Å². The normalized spacial score (nSPS) is 13.0. The number of fused-ring (bicyclic) bond motifs is 1. The molecule has 2 heterocycles. The van der Waals surface area contributed by atoms with Crippen LogP contribution in [0, 0.1) is 13.8 Å². The van der Waals surface area contributed by atoms with Crippen molar-refractivity contribution >= 4 is 11.0 Å². The van der Waals surface area contributed by atoms with Crippen LogP contribution in [-0.2, 0) is 0 Å². The number of para-hydroxylation sites is 1. The second kappa shape index (κ2) is 4.57. The Bertz CT molecular complexity index is 712. The highest BCUT2D eigenvalue weighted by Crippen LogP contribution is 2.30. The standard InChI is InChI=1S/C15H16N2O2/c1-9-4-3-5-11-8-13(19-15(9)11)14(17-16)12-7-6-10(2)18-12/h3-8,14,17H,16H2,1-2H3. The molecule has 1 atom stereocenters. The van der Waals surface area contributed by atoms with Crippen molar-refractivity contribution in [3.63, 3.8) is 0 Å². The van der Waals surface area contributed by atoms with E-state index in [-0.39, 0.29) is 6.04 Å². The number of nitrogens with one attached hydrogen (secondary N) is 1. The van der Waals surface area contributed by atoms with E-state index in [0.29, 0.717) is 0 Å². The third kappa shape index (κ3) is 2.05. The van der Waals surface area contributed by atoms with Crippen LogP contribution in [0.25, 0.3) is 11.0 Å². The number of aryl methyl sites for hydroxylation is 2. The molecule has 0 fully saturated rings. The van der Waals surface area contributed by atoms with E-state index in [1.165, 1.54) is 0 Å². The first-order valence-electron chi connectivity index (χ1n) is 6.20. The summed E-state index contributed by atoms with van der Waals surface area (Å²) in [6, 6.07) is 11.6. The fourth-order valence-electron chi connectivity index (χ4n) is 2.28. The van der Waals surface area contributed by atoms with Crippen molar-refractivity contribution in [2.45, 2.75) is 19.9 Å². The molecule has 4 heteroatoms.